The maximum atomic E-state index is 13.3. The first kappa shape index (κ1) is 32.0. The molecule has 2 amide bonds. The molecule has 0 radical (unpaired) electrons. The van der Waals surface area contributed by atoms with Crippen LogP contribution >= 0.6 is 11.6 Å². The molecule has 2 aromatic heterocycles. The van der Waals surface area contributed by atoms with Gasteiger partial charge in [-0.2, -0.15) is 14.9 Å². The lowest BCUT2D eigenvalue weighted by Crippen LogP contribution is -2.32. The second-order valence-electron chi connectivity index (χ2n) is 10.3. The number of esters is 1. The number of carbonyl (C=O) groups is 3. The first-order valence-electron chi connectivity index (χ1n) is 14.6. The highest BCUT2D eigenvalue weighted by molar-refractivity contribution is 6.30. The molecule has 1 aliphatic heterocycles. The van der Waals surface area contributed by atoms with E-state index in [4.69, 9.17) is 21.1 Å². The Morgan fingerprint density at radius 2 is 1.96 bits per heavy atom. The van der Waals surface area contributed by atoms with E-state index in [0.717, 1.165) is 0 Å². The molecule has 15 heteroatoms. The third-order valence-corrected chi connectivity index (χ3v) is 7.48. The Morgan fingerprint density at radius 3 is 2.74 bits per heavy atom. The van der Waals surface area contributed by atoms with Crippen LogP contribution in [0.4, 0.5) is 16.2 Å². The smallest absolute Gasteiger partial charge is 0.411 e. The molecular weight excluding hydrogens is 614 g/mol. The van der Waals surface area contributed by atoms with E-state index in [1.54, 1.807) is 55.6 Å². The van der Waals surface area contributed by atoms with Crippen LogP contribution in [0.2, 0.25) is 5.02 Å². The summed E-state index contributed by atoms with van der Waals surface area (Å²) in [6.45, 7) is 1.99. The van der Waals surface area contributed by atoms with Crippen molar-refractivity contribution >= 4 is 47.0 Å². The monoisotopic (exact) mass is 645 g/mol. The number of fused-ring (bicyclic) bond motifs is 4. The molecule has 0 fully saturated rings. The topological polar surface area (TPSA) is 175 Å². The van der Waals surface area contributed by atoms with E-state index in [2.05, 4.69) is 41.7 Å². The van der Waals surface area contributed by atoms with Crippen molar-refractivity contribution in [2.45, 2.75) is 44.7 Å². The number of tetrazole rings is 1. The van der Waals surface area contributed by atoms with Gasteiger partial charge in [-0.15, -0.1) is 5.10 Å². The predicted molar refractivity (Wildman–Crippen MR) is 170 cm³/mol. The van der Waals surface area contributed by atoms with E-state index >= 15 is 0 Å². The minimum atomic E-state index is -0.649. The molecular formula is C31H32ClN9O5. The summed E-state index contributed by atoms with van der Waals surface area (Å²) in [6.07, 6.45) is 7.83. The van der Waals surface area contributed by atoms with Gasteiger partial charge in [0.25, 0.3) is 0 Å². The molecule has 0 aliphatic carbocycles. The SMILES string of the molecule is CCOC(=O)[C@H]1CCCC[C@H](NC(=O)/C=C/c2cc(Cl)ccc2-n2cnnn2)c2cc(cnn2)-c2ccc(NC(=O)OC)cc2N1. The number of ether oxygens (including phenoxy) is 2. The van der Waals surface area contributed by atoms with Gasteiger partial charge in [0.2, 0.25) is 5.91 Å². The molecule has 3 heterocycles. The number of methoxy groups -OCH3 is 1. The van der Waals surface area contributed by atoms with E-state index < -0.39 is 18.2 Å². The summed E-state index contributed by atoms with van der Waals surface area (Å²) in [7, 11) is 1.28. The molecule has 0 saturated carbocycles. The summed E-state index contributed by atoms with van der Waals surface area (Å²) in [4.78, 5) is 38.1. The second kappa shape index (κ2) is 15.1. The lowest BCUT2D eigenvalue weighted by atomic mass is 9.97. The fourth-order valence-electron chi connectivity index (χ4n) is 5.06. The molecule has 4 aromatic rings. The number of halogens is 1. The number of benzene rings is 2. The number of carbonyl (C=O) groups excluding carboxylic acids is 3. The van der Waals surface area contributed by atoms with Crippen LogP contribution in [0, 0.1) is 0 Å². The normalized spacial score (nSPS) is 16.2. The second-order valence-corrected chi connectivity index (χ2v) is 10.8. The Kier molecular flexibility index (Phi) is 10.5. The number of hydrogen-bond donors (Lipinski definition) is 3. The molecule has 238 valence electrons. The van der Waals surface area contributed by atoms with Crippen molar-refractivity contribution in [3.8, 4) is 16.8 Å². The van der Waals surface area contributed by atoms with Crippen molar-refractivity contribution < 1.29 is 23.9 Å². The molecule has 2 atom stereocenters. The van der Waals surface area contributed by atoms with Crippen LogP contribution in [0.1, 0.15) is 49.9 Å². The highest BCUT2D eigenvalue weighted by atomic mass is 35.5. The van der Waals surface area contributed by atoms with Crippen LogP contribution in [0.5, 0.6) is 0 Å². The van der Waals surface area contributed by atoms with Crippen molar-refractivity contribution in [2.75, 3.05) is 24.4 Å². The highest BCUT2D eigenvalue weighted by Gasteiger charge is 2.24. The first-order valence-corrected chi connectivity index (χ1v) is 15.0. The number of anilines is 2. The molecule has 3 N–H and O–H groups in total. The molecule has 1 aliphatic rings. The van der Waals surface area contributed by atoms with Crippen molar-refractivity contribution in [2.24, 2.45) is 0 Å². The quantitative estimate of drug-likeness (QED) is 0.187. The van der Waals surface area contributed by atoms with Crippen molar-refractivity contribution in [3.05, 3.63) is 77.3 Å². The number of hydrogen-bond acceptors (Lipinski definition) is 11. The van der Waals surface area contributed by atoms with Crippen molar-refractivity contribution in [1.82, 2.24) is 35.7 Å². The van der Waals surface area contributed by atoms with Gasteiger partial charge in [-0.3, -0.25) is 10.1 Å². The third kappa shape index (κ3) is 8.01. The molecule has 5 rings (SSSR count). The fraction of sp³-hybridized carbons (Fsp3) is 0.290. The van der Waals surface area contributed by atoms with Gasteiger partial charge in [-0.05, 0) is 72.7 Å². The summed E-state index contributed by atoms with van der Waals surface area (Å²) >= 11 is 6.23. The minimum Gasteiger partial charge on any atom is -0.464 e. The molecule has 0 spiro atoms. The molecule has 46 heavy (non-hydrogen) atoms. The van der Waals surface area contributed by atoms with Crippen molar-refractivity contribution in [1.29, 1.82) is 0 Å². The highest BCUT2D eigenvalue weighted by Crippen LogP contribution is 2.34. The van der Waals surface area contributed by atoms with Crippen LogP contribution in [-0.2, 0) is 19.1 Å². The number of aromatic nitrogens is 6. The van der Waals surface area contributed by atoms with E-state index in [9.17, 15) is 14.4 Å². The maximum absolute atomic E-state index is 13.3. The van der Waals surface area contributed by atoms with Gasteiger partial charge >= 0.3 is 12.1 Å². The Hall–Kier alpha value is -5.37. The third-order valence-electron chi connectivity index (χ3n) is 7.25. The number of rotatable bonds is 7. The average molecular weight is 646 g/mol. The van der Waals surface area contributed by atoms with Gasteiger partial charge < -0.3 is 20.1 Å². The zero-order chi connectivity index (χ0) is 32.5. The molecule has 2 bridgehead atoms. The van der Waals surface area contributed by atoms with E-state index in [1.165, 1.54) is 24.2 Å². The number of amides is 2. The lowest BCUT2D eigenvalue weighted by molar-refractivity contribution is -0.144. The molecule has 0 unspecified atom stereocenters. The minimum absolute atomic E-state index is 0.236. The lowest BCUT2D eigenvalue weighted by Gasteiger charge is -2.24. The molecule has 2 aromatic carbocycles. The van der Waals surface area contributed by atoms with Gasteiger partial charge in [0.1, 0.15) is 12.4 Å². The van der Waals surface area contributed by atoms with Crippen molar-refractivity contribution in [3.63, 3.8) is 0 Å². The summed E-state index contributed by atoms with van der Waals surface area (Å²) in [5.41, 5.74) is 4.32. The molecule has 14 nitrogen and oxygen atoms in total. The fourth-order valence-corrected chi connectivity index (χ4v) is 5.24. The van der Waals surface area contributed by atoms with Crippen LogP contribution in [-0.4, -0.2) is 68.1 Å². The number of nitrogens with zero attached hydrogens (tertiary/aromatic N) is 6. The van der Waals surface area contributed by atoms with Gasteiger partial charge in [-0.25, -0.2) is 9.59 Å². The predicted octanol–water partition coefficient (Wildman–Crippen LogP) is 4.74. The van der Waals surface area contributed by atoms with Crippen LogP contribution in [0.3, 0.4) is 0 Å². The standard InChI is InChI=1S/C31H32ClN9O5/c1-3-46-30(43)25-7-5-4-6-24(37-29(42)13-8-19-14-21(32)9-12-28(19)41-18-34-39-40-41)27-15-20(17-33-38-27)23-11-10-22(16-26(23)36-25)35-31(44)45-2/h8-18,24-25,36H,3-7H2,1-2H3,(H,35,44)(H,37,42)/b13-8+/t24-,25+/m0/s1. The van der Waals surface area contributed by atoms with Gasteiger partial charge in [0.15, 0.2) is 0 Å². The van der Waals surface area contributed by atoms with E-state index in [-0.39, 0.29) is 18.5 Å². The summed E-state index contributed by atoms with van der Waals surface area (Å²) in [5, 5.41) is 29.4. The summed E-state index contributed by atoms with van der Waals surface area (Å²) < 4.78 is 11.6. The maximum Gasteiger partial charge on any atom is 0.411 e. The Bertz CT molecular complexity index is 1730. The van der Waals surface area contributed by atoms with Gasteiger partial charge in [0.05, 0.1) is 37.3 Å². The Balaban J connectivity index is 1.45. The van der Waals surface area contributed by atoms with Crippen LogP contribution < -0.4 is 16.0 Å². The summed E-state index contributed by atoms with van der Waals surface area (Å²) in [5.74, 6) is -0.737. The number of nitrogens with one attached hydrogen (secondary N) is 3. The Labute approximate surface area is 269 Å². The molecule has 0 saturated heterocycles. The zero-order valence-corrected chi connectivity index (χ0v) is 25.9. The first-order chi connectivity index (χ1) is 22.3. The van der Waals surface area contributed by atoms with Crippen LogP contribution in [0.25, 0.3) is 22.9 Å². The van der Waals surface area contributed by atoms with E-state index in [1.807, 2.05) is 6.07 Å². The van der Waals surface area contributed by atoms with Crippen LogP contribution in [0.15, 0.2) is 61.1 Å². The van der Waals surface area contributed by atoms with Gasteiger partial charge in [0, 0.05) is 39.2 Å². The summed E-state index contributed by atoms with van der Waals surface area (Å²) in [6, 6.07) is 11.1. The zero-order valence-electron chi connectivity index (χ0n) is 25.1. The van der Waals surface area contributed by atoms with E-state index in [0.29, 0.717) is 70.2 Å². The Morgan fingerprint density at radius 1 is 1.11 bits per heavy atom. The average Bonchev–Trinajstić information content (AvgIpc) is 3.59. The largest absolute Gasteiger partial charge is 0.464 e. The van der Waals surface area contributed by atoms with Gasteiger partial charge in [-0.1, -0.05) is 30.5 Å².